The van der Waals surface area contributed by atoms with Crippen molar-refractivity contribution in [2.75, 3.05) is 17.7 Å². The van der Waals surface area contributed by atoms with Gasteiger partial charge in [-0.3, -0.25) is 9.59 Å². The molecular weight excluding hydrogens is 460 g/mol. The van der Waals surface area contributed by atoms with E-state index in [1.165, 1.54) is 11.3 Å². The third-order valence-electron chi connectivity index (χ3n) is 4.49. The molecule has 11 heteroatoms. The number of nitrogens with one attached hydrogen (secondary N) is 1. The second-order valence-corrected chi connectivity index (χ2v) is 8.68. The van der Waals surface area contributed by atoms with E-state index in [9.17, 15) is 14.9 Å². The molecule has 3 N–H and O–H groups in total. The van der Waals surface area contributed by atoms with E-state index in [-0.39, 0.29) is 18.9 Å². The fraction of sp³-hybridized carbons (Fsp3) is 0.0909. The number of benzene rings is 2. The number of nitrogen functional groups attached to an aromatic ring is 1. The number of azo groups is 1. The van der Waals surface area contributed by atoms with Crippen LogP contribution in [0, 0.1) is 11.3 Å². The highest BCUT2D eigenvalue weighted by molar-refractivity contribution is 7.22. The summed E-state index contributed by atoms with van der Waals surface area (Å²) < 4.78 is 5.55. The van der Waals surface area contributed by atoms with E-state index in [2.05, 4.69) is 31.3 Å². The largest absolute Gasteiger partial charge is 0.467 e. The third-order valence-corrected chi connectivity index (χ3v) is 6.31. The van der Waals surface area contributed by atoms with Gasteiger partial charge in [0.15, 0.2) is 0 Å². The number of hydrogen-bond acceptors (Lipinski definition) is 10. The van der Waals surface area contributed by atoms with Crippen LogP contribution in [0.2, 0.25) is 0 Å². The molecule has 0 atom stereocenters. The van der Waals surface area contributed by atoms with E-state index >= 15 is 0 Å². The lowest BCUT2D eigenvalue weighted by molar-refractivity contribution is -0.129. The van der Waals surface area contributed by atoms with Gasteiger partial charge in [0, 0.05) is 11.3 Å². The van der Waals surface area contributed by atoms with Gasteiger partial charge in [-0.1, -0.05) is 46.9 Å². The monoisotopic (exact) mass is 476 g/mol. The van der Waals surface area contributed by atoms with Gasteiger partial charge < -0.3 is 15.8 Å². The van der Waals surface area contributed by atoms with Gasteiger partial charge in [-0.15, -0.1) is 10.2 Å². The van der Waals surface area contributed by atoms with E-state index in [0.717, 1.165) is 21.6 Å². The number of thiazole rings is 1. The SMILES string of the molecule is N#Cc1c(N)sc(N=Nc2nc3ccccc3s2)c1-c1cccc(NC(=O)CCOC=O)c1. The number of para-hydroxylation sites is 1. The number of carbonyl (C=O) groups excluding carboxylic acids is 2. The molecule has 0 aliphatic carbocycles. The number of rotatable bonds is 8. The van der Waals surface area contributed by atoms with Gasteiger partial charge in [0.25, 0.3) is 6.47 Å². The van der Waals surface area contributed by atoms with Crippen molar-refractivity contribution in [3.8, 4) is 17.2 Å². The molecule has 0 fully saturated rings. The minimum atomic E-state index is -0.310. The molecule has 33 heavy (non-hydrogen) atoms. The molecule has 1 amide bonds. The molecular formula is C22H16N6O3S2. The number of nitrogens with two attached hydrogens (primary N) is 1. The molecule has 0 aliphatic heterocycles. The maximum Gasteiger partial charge on any atom is 0.293 e. The van der Waals surface area contributed by atoms with Crippen molar-refractivity contribution in [2.45, 2.75) is 6.42 Å². The summed E-state index contributed by atoms with van der Waals surface area (Å²) in [5.41, 5.74) is 8.91. The summed E-state index contributed by atoms with van der Waals surface area (Å²) in [6.07, 6.45) is 0.0272. The van der Waals surface area contributed by atoms with Crippen LogP contribution in [-0.4, -0.2) is 24.0 Å². The molecule has 0 radical (unpaired) electrons. The van der Waals surface area contributed by atoms with Crippen molar-refractivity contribution in [2.24, 2.45) is 10.2 Å². The van der Waals surface area contributed by atoms with Gasteiger partial charge in [-0.25, -0.2) is 4.98 Å². The van der Waals surface area contributed by atoms with Crippen LogP contribution in [-0.2, 0) is 14.3 Å². The standard InChI is InChI=1S/C22H16N6O3S2/c23-11-15-19(13-4-3-5-14(10-13)25-18(30)8-9-31-12-29)21(33-20(15)24)27-28-22-26-16-6-1-2-7-17(16)32-22/h1-7,10,12H,8-9,24H2,(H,25,30). The Bertz CT molecular complexity index is 1370. The highest BCUT2D eigenvalue weighted by Gasteiger charge is 2.19. The Morgan fingerprint density at radius 2 is 2.06 bits per heavy atom. The lowest BCUT2D eigenvalue weighted by atomic mass is 10.0. The first-order valence-electron chi connectivity index (χ1n) is 9.64. The Hall–Kier alpha value is -4.14. The molecule has 2 aromatic carbocycles. The number of ether oxygens (including phenoxy) is 1. The molecule has 4 rings (SSSR count). The van der Waals surface area contributed by atoms with Crippen LogP contribution >= 0.6 is 22.7 Å². The highest BCUT2D eigenvalue weighted by Crippen LogP contribution is 2.45. The average molecular weight is 477 g/mol. The predicted molar refractivity (Wildman–Crippen MR) is 128 cm³/mol. The molecule has 0 spiro atoms. The molecule has 0 bridgehead atoms. The highest BCUT2D eigenvalue weighted by atomic mass is 32.1. The minimum absolute atomic E-state index is 0.00896. The number of fused-ring (bicyclic) bond motifs is 1. The van der Waals surface area contributed by atoms with E-state index in [0.29, 0.717) is 44.0 Å². The fourth-order valence-corrected chi connectivity index (χ4v) is 4.70. The number of amides is 1. The van der Waals surface area contributed by atoms with Crippen LogP contribution < -0.4 is 11.1 Å². The topological polar surface area (TPSA) is 143 Å². The molecule has 9 nitrogen and oxygen atoms in total. The lowest BCUT2D eigenvalue weighted by Gasteiger charge is -2.07. The van der Waals surface area contributed by atoms with E-state index in [4.69, 9.17) is 5.73 Å². The van der Waals surface area contributed by atoms with Crippen molar-refractivity contribution < 1.29 is 14.3 Å². The zero-order valence-corrected chi connectivity index (χ0v) is 18.7. The van der Waals surface area contributed by atoms with E-state index in [1.54, 1.807) is 24.3 Å². The number of hydrogen-bond donors (Lipinski definition) is 2. The second kappa shape index (κ2) is 9.99. The average Bonchev–Trinajstić information content (AvgIpc) is 3.37. The van der Waals surface area contributed by atoms with Crippen LogP contribution in [0.3, 0.4) is 0 Å². The maximum absolute atomic E-state index is 12.0. The summed E-state index contributed by atoms with van der Waals surface area (Å²) in [6.45, 7) is 0.285. The first-order chi connectivity index (χ1) is 16.1. The summed E-state index contributed by atoms with van der Waals surface area (Å²) in [6, 6.07) is 16.8. The molecule has 0 aliphatic rings. The predicted octanol–water partition coefficient (Wildman–Crippen LogP) is 5.40. The van der Waals surface area contributed by atoms with Crippen molar-refractivity contribution >= 4 is 66.1 Å². The number of aromatic nitrogens is 1. The summed E-state index contributed by atoms with van der Waals surface area (Å²) >= 11 is 2.56. The molecule has 164 valence electrons. The van der Waals surface area contributed by atoms with Gasteiger partial charge in [0.05, 0.1) is 28.8 Å². The van der Waals surface area contributed by atoms with Crippen molar-refractivity contribution in [3.63, 3.8) is 0 Å². The molecule has 4 aromatic rings. The van der Waals surface area contributed by atoms with Gasteiger partial charge in [0.1, 0.15) is 16.1 Å². The van der Waals surface area contributed by atoms with Gasteiger partial charge in [-0.2, -0.15) is 5.26 Å². The van der Waals surface area contributed by atoms with Gasteiger partial charge in [0.2, 0.25) is 11.0 Å². The van der Waals surface area contributed by atoms with Crippen LogP contribution in [0.15, 0.2) is 58.8 Å². The van der Waals surface area contributed by atoms with Gasteiger partial charge in [-0.05, 0) is 29.8 Å². The summed E-state index contributed by atoms with van der Waals surface area (Å²) in [4.78, 5) is 26.7. The zero-order valence-electron chi connectivity index (χ0n) is 17.0. The van der Waals surface area contributed by atoms with Crippen LogP contribution in [0.25, 0.3) is 21.3 Å². The van der Waals surface area contributed by atoms with Crippen LogP contribution in [0.4, 0.5) is 20.8 Å². The Labute approximate surface area is 196 Å². The van der Waals surface area contributed by atoms with Crippen LogP contribution in [0.5, 0.6) is 0 Å². The third kappa shape index (κ3) is 5.03. The Kier molecular flexibility index (Phi) is 6.68. The molecule has 0 saturated heterocycles. The molecule has 2 heterocycles. The first kappa shape index (κ1) is 22.1. The summed E-state index contributed by atoms with van der Waals surface area (Å²) in [5, 5.41) is 22.3. The quantitative estimate of drug-likeness (QED) is 0.198. The molecule has 0 saturated carbocycles. The Morgan fingerprint density at radius 3 is 2.85 bits per heavy atom. The van der Waals surface area contributed by atoms with Crippen molar-refractivity contribution in [1.82, 2.24) is 4.98 Å². The fourth-order valence-electron chi connectivity index (χ4n) is 3.05. The lowest BCUT2D eigenvalue weighted by Crippen LogP contribution is -2.13. The number of thiophene rings is 1. The summed E-state index contributed by atoms with van der Waals surface area (Å²) in [7, 11) is 0. The van der Waals surface area contributed by atoms with E-state index in [1.807, 2.05) is 24.3 Å². The molecule has 0 unspecified atom stereocenters. The minimum Gasteiger partial charge on any atom is -0.467 e. The number of carbonyl (C=O) groups is 2. The van der Waals surface area contributed by atoms with Crippen molar-refractivity contribution in [1.29, 1.82) is 5.26 Å². The maximum atomic E-state index is 12.0. The number of nitrogens with zero attached hydrogens (tertiary/aromatic N) is 4. The normalized spacial score (nSPS) is 10.9. The zero-order chi connectivity index (χ0) is 23.2. The second-order valence-electron chi connectivity index (χ2n) is 6.64. The Balaban J connectivity index is 1.64. The van der Waals surface area contributed by atoms with Crippen molar-refractivity contribution in [3.05, 3.63) is 54.1 Å². The van der Waals surface area contributed by atoms with Crippen LogP contribution in [0.1, 0.15) is 12.0 Å². The van der Waals surface area contributed by atoms with Gasteiger partial charge >= 0.3 is 0 Å². The first-order valence-corrected chi connectivity index (χ1v) is 11.3. The number of anilines is 2. The molecule has 2 aromatic heterocycles. The van der Waals surface area contributed by atoms with E-state index < -0.39 is 0 Å². The number of nitriles is 1. The Morgan fingerprint density at radius 1 is 1.21 bits per heavy atom. The smallest absolute Gasteiger partial charge is 0.293 e. The summed E-state index contributed by atoms with van der Waals surface area (Å²) in [5.74, 6) is -0.310.